The Morgan fingerprint density at radius 1 is 1.23 bits per heavy atom. The molecule has 1 saturated heterocycles. The standard InChI is InChI=1S/C20H21ClN4O/c1-13-6-8-25-18(10-13)23-14(2)19(20(25)26)24-9-7-22-12-17(24)15-4-3-5-16(21)11-15/h3-6,8,10-11,17,22H,7,9,12H2,1-2H3. The summed E-state index contributed by atoms with van der Waals surface area (Å²) < 4.78 is 1.63. The Kier molecular flexibility index (Phi) is 4.42. The molecule has 0 radical (unpaired) electrons. The molecule has 1 unspecified atom stereocenters. The second-order valence-electron chi connectivity index (χ2n) is 6.75. The smallest absolute Gasteiger partial charge is 0.281 e. The van der Waals surface area contributed by atoms with Crippen LogP contribution < -0.4 is 15.8 Å². The van der Waals surface area contributed by atoms with Crippen LogP contribution in [-0.4, -0.2) is 29.0 Å². The van der Waals surface area contributed by atoms with Gasteiger partial charge in [0.1, 0.15) is 11.3 Å². The number of aromatic nitrogens is 2. The van der Waals surface area contributed by atoms with E-state index in [1.165, 1.54) is 0 Å². The SMILES string of the molecule is Cc1ccn2c(=O)c(N3CCNCC3c3cccc(Cl)c3)c(C)nc2c1. The van der Waals surface area contributed by atoms with Crippen molar-refractivity contribution in [3.05, 3.63) is 74.8 Å². The molecular formula is C20H21ClN4O. The molecule has 0 spiro atoms. The molecule has 1 aliphatic rings. The molecule has 26 heavy (non-hydrogen) atoms. The highest BCUT2D eigenvalue weighted by Crippen LogP contribution is 2.29. The van der Waals surface area contributed by atoms with Crippen LogP contribution in [0.5, 0.6) is 0 Å². The lowest BCUT2D eigenvalue weighted by Crippen LogP contribution is -2.48. The van der Waals surface area contributed by atoms with Gasteiger partial charge in [-0.3, -0.25) is 9.20 Å². The Morgan fingerprint density at radius 2 is 2.08 bits per heavy atom. The van der Waals surface area contributed by atoms with Gasteiger partial charge in [0.15, 0.2) is 0 Å². The number of hydrogen-bond donors (Lipinski definition) is 1. The summed E-state index contributed by atoms with van der Waals surface area (Å²) in [5, 5.41) is 4.12. The van der Waals surface area contributed by atoms with Crippen LogP contribution >= 0.6 is 11.6 Å². The highest BCUT2D eigenvalue weighted by molar-refractivity contribution is 6.30. The van der Waals surface area contributed by atoms with Gasteiger partial charge >= 0.3 is 0 Å². The summed E-state index contributed by atoms with van der Waals surface area (Å²) in [7, 11) is 0. The highest BCUT2D eigenvalue weighted by Gasteiger charge is 2.28. The Hall–Kier alpha value is -2.37. The maximum absolute atomic E-state index is 13.2. The number of nitrogens with zero attached hydrogens (tertiary/aromatic N) is 3. The Bertz CT molecular complexity index is 1030. The van der Waals surface area contributed by atoms with E-state index in [1.54, 1.807) is 10.6 Å². The molecule has 1 aromatic carbocycles. The second-order valence-corrected chi connectivity index (χ2v) is 7.19. The fourth-order valence-electron chi connectivity index (χ4n) is 3.66. The number of halogens is 1. The largest absolute Gasteiger partial charge is 0.356 e. The van der Waals surface area contributed by atoms with Crippen molar-refractivity contribution < 1.29 is 0 Å². The van der Waals surface area contributed by atoms with Crippen LogP contribution in [0.4, 0.5) is 5.69 Å². The van der Waals surface area contributed by atoms with Crippen molar-refractivity contribution in [2.75, 3.05) is 24.5 Å². The molecular weight excluding hydrogens is 348 g/mol. The minimum Gasteiger partial charge on any atom is -0.356 e. The predicted octanol–water partition coefficient (Wildman–Crippen LogP) is 3.12. The van der Waals surface area contributed by atoms with Crippen molar-refractivity contribution >= 4 is 22.9 Å². The average Bonchev–Trinajstić information content (AvgIpc) is 2.62. The molecule has 3 heterocycles. The van der Waals surface area contributed by atoms with E-state index in [0.29, 0.717) is 16.4 Å². The van der Waals surface area contributed by atoms with E-state index >= 15 is 0 Å². The van der Waals surface area contributed by atoms with Crippen molar-refractivity contribution in [3.63, 3.8) is 0 Å². The van der Waals surface area contributed by atoms with Crippen molar-refractivity contribution in [2.45, 2.75) is 19.9 Å². The number of rotatable bonds is 2. The molecule has 3 aromatic rings. The zero-order valence-corrected chi connectivity index (χ0v) is 15.6. The van der Waals surface area contributed by atoms with Crippen molar-refractivity contribution in [1.82, 2.24) is 14.7 Å². The Morgan fingerprint density at radius 3 is 2.88 bits per heavy atom. The van der Waals surface area contributed by atoms with E-state index in [1.807, 2.05) is 44.2 Å². The van der Waals surface area contributed by atoms with E-state index < -0.39 is 0 Å². The number of aryl methyl sites for hydroxylation is 2. The third kappa shape index (κ3) is 2.97. The molecule has 1 atom stereocenters. The van der Waals surface area contributed by atoms with Gasteiger partial charge in [-0.05, 0) is 49.2 Å². The van der Waals surface area contributed by atoms with Crippen molar-refractivity contribution in [3.8, 4) is 0 Å². The van der Waals surface area contributed by atoms with Crippen LogP contribution in [0.1, 0.15) is 22.9 Å². The summed E-state index contributed by atoms with van der Waals surface area (Å²) in [6.07, 6.45) is 1.81. The first-order chi connectivity index (χ1) is 12.5. The number of benzene rings is 1. The summed E-state index contributed by atoms with van der Waals surface area (Å²) in [5.41, 5.74) is 4.26. The zero-order chi connectivity index (χ0) is 18.3. The van der Waals surface area contributed by atoms with Gasteiger partial charge in [-0.25, -0.2) is 4.98 Å². The monoisotopic (exact) mass is 368 g/mol. The first kappa shape index (κ1) is 17.1. The van der Waals surface area contributed by atoms with Gasteiger partial charge in [0, 0.05) is 30.9 Å². The summed E-state index contributed by atoms with van der Waals surface area (Å²) >= 11 is 6.20. The minimum absolute atomic E-state index is 0.0265. The minimum atomic E-state index is -0.0265. The van der Waals surface area contributed by atoms with E-state index in [9.17, 15) is 4.79 Å². The van der Waals surface area contributed by atoms with E-state index in [2.05, 4.69) is 16.3 Å². The fourth-order valence-corrected chi connectivity index (χ4v) is 3.85. The van der Waals surface area contributed by atoms with E-state index in [0.717, 1.165) is 36.5 Å². The van der Waals surface area contributed by atoms with Crippen LogP contribution in [0, 0.1) is 13.8 Å². The van der Waals surface area contributed by atoms with Crippen LogP contribution in [0.2, 0.25) is 5.02 Å². The molecule has 6 heteroatoms. The molecule has 134 valence electrons. The van der Waals surface area contributed by atoms with Gasteiger partial charge in [0.05, 0.1) is 11.7 Å². The number of fused-ring (bicyclic) bond motifs is 1. The topological polar surface area (TPSA) is 49.6 Å². The van der Waals surface area contributed by atoms with Crippen LogP contribution in [0.3, 0.4) is 0 Å². The summed E-state index contributed by atoms with van der Waals surface area (Å²) in [6.45, 7) is 6.24. The molecule has 1 N–H and O–H groups in total. The van der Waals surface area contributed by atoms with Gasteiger partial charge in [0.25, 0.3) is 5.56 Å². The molecule has 0 aliphatic carbocycles. The summed E-state index contributed by atoms with van der Waals surface area (Å²) in [4.78, 5) is 20.1. The quantitative estimate of drug-likeness (QED) is 0.755. The average molecular weight is 369 g/mol. The molecule has 1 fully saturated rings. The predicted molar refractivity (Wildman–Crippen MR) is 105 cm³/mol. The van der Waals surface area contributed by atoms with Gasteiger partial charge in [0.2, 0.25) is 0 Å². The lowest BCUT2D eigenvalue weighted by atomic mass is 10.0. The van der Waals surface area contributed by atoms with E-state index in [-0.39, 0.29) is 11.6 Å². The number of anilines is 1. The van der Waals surface area contributed by atoms with Crippen LogP contribution in [0.15, 0.2) is 47.4 Å². The third-order valence-corrected chi connectivity index (χ3v) is 5.14. The number of nitrogens with one attached hydrogen (secondary N) is 1. The molecule has 0 amide bonds. The molecule has 0 bridgehead atoms. The molecule has 0 saturated carbocycles. The number of piperazine rings is 1. The second kappa shape index (κ2) is 6.74. The third-order valence-electron chi connectivity index (χ3n) is 4.90. The molecule has 5 nitrogen and oxygen atoms in total. The van der Waals surface area contributed by atoms with Gasteiger partial charge in [-0.2, -0.15) is 0 Å². The lowest BCUT2D eigenvalue weighted by molar-refractivity contribution is 0.487. The van der Waals surface area contributed by atoms with Gasteiger partial charge in [-0.1, -0.05) is 23.7 Å². The number of pyridine rings is 1. The normalized spacial score (nSPS) is 17.7. The Labute approximate surface area is 157 Å². The number of hydrogen-bond acceptors (Lipinski definition) is 4. The Balaban J connectivity index is 1.87. The first-order valence-electron chi connectivity index (χ1n) is 8.77. The summed E-state index contributed by atoms with van der Waals surface area (Å²) in [6, 6.07) is 11.8. The van der Waals surface area contributed by atoms with Crippen molar-refractivity contribution in [1.29, 1.82) is 0 Å². The highest BCUT2D eigenvalue weighted by atomic mass is 35.5. The van der Waals surface area contributed by atoms with Gasteiger partial charge < -0.3 is 10.2 Å². The maximum atomic E-state index is 13.2. The van der Waals surface area contributed by atoms with Crippen LogP contribution in [0.25, 0.3) is 5.65 Å². The van der Waals surface area contributed by atoms with Crippen LogP contribution in [-0.2, 0) is 0 Å². The fraction of sp³-hybridized carbons (Fsp3) is 0.300. The zero-order valence-electron chi connectivity index (χ0n) is 14.9. The molecule has 4 rings (SSSR count). The first-order valence-corrected chi connectivity index (χ1v) is 9.15. The molecule has 2 aromatic heterocycles. The molecule has 1 aliphatic heterocycles. The van der Waals surface area contributed by atoms with Gasteiger partial charge in [-0.15, -0.1) is 0 Å². The van der Waals surface area contributed by atoms with Crippen molar-refractivity contribution in [2.24, 2.45) is 0 Å². The maximum Gasteiger partial charge on any atom is 0.281 e. The van der Waals surface area contributed by atoms with E-state index in [4.69, 9.17) is 16.6 Å². The lowest BCUT2D eigenvalue weighted by Gasteiger charge is -2.38. The summed E-state index contributed by atoms with van der Waals surface area (Å²) in [5.74, 6) is 0.